The molecule has 1 fully saturated rings. The molecule has 1 aliphatic heterocycles. The zero-order valence-electron chi connectivity index (χ0n) is 12.1. The number of sulfonamides is 1. The fourth-order valence-corrected chi connectivity index (χ4v) is 2.89. The van der Waals surface area contributed by atoms with Gasteiger partial charge in [0.1, 0.15) is 0 Å². The molecule has 2 rings (SSSR count). The van der Waals surface area contributed by atoms with Crippen LogP contribution >= 0.6 is 12.4 Å². The van der Waals surface area contributed by atoms with Gasteiger partial charge in [-0.25, -0.2) is 13.1 Å². The van der Waals surface area contributed by atoms with E-state index in [1.165, 1.54) is 31.3 Å². The summed E-state index contributed by atoms with van der Waals surface area (Å²) in [5, 5.41) is 15.4. The normalized spacial score (nSPS) is 21.2. The van der Waals surface area contributed by atoms with Gasteiger partial charge in [-0.05, 0) is 31.3 Å². The van der Waals surface area contributed by atoms with Crippen LogP contribution in [0.15, 0.2) is 29.2 Å². The minimum Gasteiger partial charge on any atom is -0.391 e. The van der Waals surface area contributed by atoms with Crippen LogP contribution in [0.2, 0.25) is 0 Å². The van der Waals surface area contributed by atoms with Gasteiger partial charge >= 0.3 is 0 Å². The second kappa shape index (κ2) is 7.89. The van der Waals surface area contributed by atoms with Crippen molar-refractivity contribution in [3.8, 4) is 0 Å². The maximum absolute atomic E-state index is 12.0. The number of rotatable bonds is 5. The smallest absolute Gasteiger partial charge is 0.251 e. The number of β-amino-alcohol motifs (C(OH)–C–C–N with tert-alkyl or cyclic N) is 1. The van der Waals surface area contributed by atoms with Gasteiger partial charge in [0.15, 0.2) is 0 Å². The number of hydrogen-bond acceptors (Lipinski definition) is 5. The van der Waals surface area contributed by atoms with E-state index in [-0.39, 0.29) is 29.1 Å². The zero-order chi connectivity index (χ0) is 15.5. The molecule has 9 heteroatoms. The summed E-state index contributed by atoms with van der Waals surface area (Å²) >= 11 is 0. The van der Waals surface area contributed by atoms with Gasteiger partial charge in [0.05, 0.1) is 11.0 Å². The van der Waals surface area contributed by atoms with E-state index < -0.39 is 16.1 Å². The molecule has 0 aliphatic carbocycles. The summed E-state index contributed by atoms with van der Waals surface area (Å²) in [6.45, 7) is 1.58. The topological polar surface area (TPSA) is 108 Å². The highest BCUT2D eigenvalue weighted by atomic mass is 35.5. The summed E-state index contributed by atoms with van der Waals surface area (Å²) in [5.74, 6) is -0.291. The van der Waals surface area contributed by atoms with E-state index in [4.69, 9.17) is 0 Å². The van der Waals surface area contributed by atoms with Gasteiger partial charge in [0.25, 0.3) is 5.91 Å². The lowest BCUT2D eigenvalue weighted by Crippen LogP contribution is -2.34. The molecular weight excluding hydrogens is 330 g/mol. The first-order valence-corrected chi connectivity index (χ1v) is 8.13. The van der Waals surface area contributed by atoms with Crippen LogP contribution in [0.4, 0.5) is 0 Å². The third-order valence-electron chi connectivity index (χ3n) is 3.52. The van der Waals surface area contributed by atoms with Crippen molar-refractivity contribution in [3.63, 3.8) is 0 Å². The first-order valence-electron chi connectivity index (χ1n) is 6.64. The molecule has 22 heavy (non-hydrogen) atoms. The zero-order valence-corrected chi connectivity index (χ0v) is 13.7. The van der Waals surface area contributed by atoms with Crippen LogP contribution in [0.25, 0.3) is 0 Å². The summed E-state index contributed by atoms with van der Waals surface area (Å²) in [4.78, 5) is 12.1. The van der Waals surface area contributed by atoms with E-state index in [0.29, 0.717) is 25.2 Å². The average Bonchev–Trinajstić information content (AvgIpc) is 2.90. The number of hydrogen-bond donors (Lipinski definition) is 4. The van der Waals surface area contributed by atoms with Crippen molar-refractivity contribution < 1.29 is 18.3 Å². The SMILES string of the molecule is CNS(=O)(=O)c1ccc(C(=O)NCC2CNCC2O)cc1.Cl. The van der Waals surface area contributed by atoms with E-state index in [2.05, 4.69) is 15.4 Å². The van der Waals surface area contributed by atoms with Crippen LogP contribution in [0, 0.1) is 5.92 Å². The van der Waals surface area contributed by atoms with Gasteiger partial charge in [-0.3, -0.25) is 4.79 Å². The van der Waals surface area contributed by atoms with Crippen molar-refractivity contribution in [3.05, 3.63) is 29.8 Å². The number of carbonyl (C=O) groups excluding carboxylic acids is 1. The highest BCUT2D eigenvalue weighted by Gasteiger charge is 2.25. The molecule has 1 heterocycles. The number of nitrogens with one attached hydrogen (secondary N) is 3. The quantitative estimate of drug-likeness (QED) is 0.564. The van der Waals surface area contributed by atoms with E-state index >= 15 is 0 Å². The Morgan fingerprint density at radius 1 is 1.32 bits per heavy atom. The molecule has 2 unspecified atom stereocenters. The summed E-state index contributed by atoms with van der Waals surface area (Å²) in [6.07, 6.45) is -0.451. The molecule has 1 aromatic carbocycles. The molecule has 0 radical (unpaired) electrons. The first kappa shape index (κ1) is 18.9. The van der Waals surface area contributed by atoms with Gasteiger partial charge in [-0.15, -0.1) is 12.4 Å². The third-order valence-corrected chi connectivity index (χ3v) is 4.95. The van der Waals surface area contributed by atoms with Crippen LogP contribution in [0.5, 0.6) is 0 Å². The van der Waals surface area contributed by atoms with E-state index in [1.807, 2.05) is 0 Å². The van der Waals surface area contributed by atoms with Crippen molar-refractivity contribution in [2.75, 3.05) is 26.7 Å². The summed E-state index contributed by atoms with van der Waals surface area (Å²) in [7, 11) is -2.17. The molecule has 7 nitrogen and oxygen atoms in total. The first-order chi connectivity index (χ1) is 9.94. The number of amides is 1. The lowest BCUT2D eigenvalue weighted by molar-refractivity contribution is 0.0927. The average molecular weight is 350 g/mol. The Hall–Kier alpha value is -1.19. The molecule has 1 aliphatic rings. The molecule has 1 amide bonds. The van der Waals surface area contributed by atoms with Crippen LogP contribution in [-0.2, 0) is 10.0 Å². The highest BCUT2D eigenvalue weighted by Crippen LogP contribution is 2.11. The predicted molar refractivity (Wildman–Crippen MR) is 84.6 cm³/mol. The summed E-state index contributed by atoms with van der Waals surface area (Å²) in [6, 6.07) is 5.69. The number of aliphatic hydroxyl groups is 1. The van der Waals surface area contributed by atoms with Gasteiger partial charge in [-0.2, -0.15) is 0 Å². The largest absolute Gasteiger partial charge is 0.391 e. The Kier molecular flexibility index (Phi) is 6.76. The summed E-state index contributed by atoms with van der Waals surface area (Å²) in [5.41, 5.74) is 0.380. The fraction of sp³-hybridized carbons (Fsp3) is 0.462. The second-order valence-electron chi connectivity index (χ2n) is 4.93. The molecule has 2 atom stereocenters. The molecular formula is C13H20ClN3O4S. The second-order valence-corrected chi connectivity index (χ2v) is 6.81. The van der Waals surface area contributed by atoms with Crippen LogP contribution in [0.3, 0.4) is 0 Å². The number of benzene rings is 1. The van der Waals surface area contributed by atoms with Crippen molar-refractivity contribution in [1.82, 2.24) is 15.4 Å². The van der Waals surface area contributed by atoms with Gasteiger partial charge < -0.3 is 15.7 Å². The third kappa shape index (κ3) is 4.40. The molecule has 1 aromatic rings. The Morgan fingerprint density at radius 3 is 2.45 bits per heavy atom. The van der Waals surface area contributed by atoms with Crippen molar-refractivity contribution >= 4 is 28.3 Å². The molecule has 1 saturated heterocycles. The number of halogens is 1. The minimum atomic E-state index is -3.50. The lowest BCUT2D eigenvalue weighted by Gasteiger charge is -2.14. The standard InChI is InChI=1S/C13H19N3O4S.ClH/c1-14-21(19,20)11-4-2-9(3-5-11)13(18)16-7-10-6-15-8-12(10)17;/h2-5,10,12,14-15,17H,6-8H2,1H3,(H,16,18);1H. The molecule has 0 saturated carbocycles. The summed E-state index contributed by atoms with van der Waals surface area (Å²) < 4.78 is 25.4. The van der Waals surface area contributed by atoms with Crippen molar-refractivity contribution in [2.24, 2.45) is 5.92 Å². The monoisotopic (exact) mass is 349 g/mol. The lowest BCUT2D eigenvalue weighted by atomic mass is 10.1. The van der Waals surface area contributed by atoms with Gasteiger partial charge in [0, 0.05) is 31.1 Å². The maximum Gasteiger partial charge on any atom is 0.251 e. The molecule has 124 valence electrons. The van der Waals surface area contributed by atoms with E-state index in [0.717, 1.165) is 0 Å². The van der Waals surface area contributed by atoms with E-state index in [1.54, 1.807) is 0 Å². The maximum atomic E-state index is 12.0. The van der Waals surface area contributed by atoms with Crippen molar-refractivity contribution in [2.45, 2.75) is 11.0 Å². The fourth-order valence-electron chi connectivity index (χ4n) is 2.16. The number of aliphatic hydroxyl groups excluding tert-OH is 1. The Morgan fingerprint density at radius 2 is 1.95 bits per heavy atom. The van der Waals surface area contributed by atoms with E-state index in [9.17, 15) is 18.3 Å². The molecule has 0 spiro atoms. The Labute approximate surface area is 135 Å². The number of carbonyl (C=O) groups is 1. The van der Waals surface area contributed by atoms with Crippen LogP contribution < -0.4 is 15.4 Å². The van der Waals surface area contributed by atoms with Crippen LogP contribution in [-0.4, -0.2) is 52.2 Å². The Bertz CT molecular complexity index is 606. The van der Waals surface area contributed by atoms with Gasteiger partial charge in [-0.1, -0.05) is 0 Å². The van der Waals surface area contributed by atoms with Crippen molar-refractivity contribution in [1.29, 1.82) is 0 Å². The minimum absolute atomic E-state index is 0. The molecule has 4 N–H and O–H groups in total. The van der Waals surface area contributed by atoms with Crippen LogP contribution in [0.1, 0.15) is 10.4 Å². The highest BCUT2D eigenvalue weighted by molar-refractivity contribution is 7.89. The predicted octanol–water partition coefficient (Wildman–Crippen LogP) is -0.673. The Balaban J connectivity index is 0.00000242. The molecule has 0 bridgehead atoms. The molecule has 0 aromatic heterocycles. The van der Waals surface area contributed by atoms with Gasteiger partial charge in [0.2, 0.25) is 10.0 Å².